The fraction of sp³-hybridized carbons (Fsp3) is 0.889. The predicted octanol–water partition coefficient (Wildman–Crippen LogP) is -0.336. The Balaban J connectivity index is 1.97. The van der Waals surface area contributed by atoms with Crippen LogP contribution in [-0.4, -0.2) is 25.3 Å². The first-order valence-corrected chi connectivity index (χ1v) is 5.34. The summed E-state index contributed by atoms with van der Waals surface area (Å²) in [7, 11) is 0. The molecular formula is C9H20N4O. The maximum atomic E-state index is 11.0. The molecule has 0 spiro atoms. The summed E-state index contributed by atoms with van der Waals surface area (Å²) in [5, 5.41) is 5.99. The van der Waals surface area contributed by atoms with Gasteiger partial charge in [0.05, 0.1) is 6.54 Å². The van der Waals surface area contributed by atoms with E-state index in [0.717, 1.165) is 13.0 Å². The Bertz CT molecular complexity index is 174. The third-order valence-electron chi connectivity index (χ3n) is 2.18. The highest BCUT2D eigenvalue weighted by molar-refractivity contribution is 5.78. The minimum Gasteiger partial charge on any atom is -0.326 e. The van der Waals surface area contributed by atoms with Gasteiger partial charge in [0, 0.05) is 0 Å². The van der Waals surface area contributed by atoms with Crippen LogP contribution in [0.15, 0.2) is 0 Å². The highest BCUT2D eigenvalue weighted by Gasteiger charge is 2.14. The minimum atomic E-state index is -0.127. The van der Waals surface area contributed by atoms with Crippen molar-refractivity contribution in [2.24, 2.45) is 0 Å². The van der Waals surface area contributed by atoms with Gasteiger partial charge in [-0.25, -0.2) is 10.9 Å². The molecule has 1 unspecified atom stereocenters. The van der Waals surface area contributed by atoms with Crippen LogP contribution in [0.4, 0.5) is 0 Å². The van der Waals surface area contributed by atoms with Crippen molar-refractivity contribution in [3.63, 3.8) is 0 Å². The molecule has 4 N–H and O–H groups in total. The average molecular weight is 200 g/mol. The third kappa shape index (κ3) is 4.55. The number of nitrogens with one attached hydrogen (secondary N) is 4. The zero-order valence-electron chi connectivity index (χ0n) is 8.73. The summed E-state index contributed by atoms with van der Waals surface area (Å²) in [5.41, 5.74) is 5.76. The van der Waals surface area contributed by atoms with Crippen LogP contribution in [-0.2, 0) is 4.79 Å². The second-order valence-corrected chi connectivity index (χ2v) is 3.51. The van der Waals surface area contributed by atoms with Gasteiger partial charge in [-0.1, -0.05) is 26.2 Å². The lowest BCUT2D eigenvalue weighted by atomic mass is 10.2. The Kier molecular flexibility index (Phi) is 5.51. The second kappa shape index (κ2) is 6.75. The van der Waals surface area contributed by atoms with E-state index in [0.29, 0.717) is 6.54 Å². The maximum Gasteiger partial charge on any atom is 0.237 e. The van der Waals surface area contributed by atoms with Crippen molar-refractivity contribution in [3.8, 4) is 0 Å². The molecule has 0 saturated carbocycles. The smallest absolute Gasteiger partial charge is 0.237 e. The number of carbonyl (C=O) groups is 1. The van der Waals surface area contributed by atoms with Crippen LogP contribution in [0, 0.1) is 0 Å². The van der Waals surface area contributed by atoms with Crippen molar-refractivity contribution in [2.75, 3.05) is 13.1 Å². The van der Waals surface area contributed by atoms with E-state index in [1.807, 2.05) is 0 Å². The van der Waals surface area contributed by atoms with Gasteiger partial charge in [-0.2, -0.15) is 0 Å². The Morgan fingerprint density at radius 2 is 2.29 bits per heavy atom. The molecule has 5 nitrogen and oxygen atoms in total. The van der Waals surface area contributed by atoms with Crippen molar-refractivity contribution in [1.82, 2.24) is 21.5 Å². The molecular weight excluding hydrogens is 180 g/mol. The normalized spacial score (nSPS) is 22.1. The third-order valence-corrected chi connectivity index (χ3v) is 2.18. The standard InChI is InChI=1S/C9H20N4O/c1-2-3-4-5-6-10-9-12-8(14)7-11-13-9/h9-11,13H,2-7H2,1H3,(H,12,14). The summed E-state index contributed by atoms with van der Waals surface area (Å²) in [6.07, 6.45) is 4.81. The lowest BCUT2D eigenvalue weighted by Crippen LogP contribution is -2.65. The van der Waals surface area contributed by atoms with Crippen molar-refractivity contribution in [3.05, 3.63) is 0 Å². The van der Waals surface area contributed by atoms with Gasteiger partial charge >= 0.3 is 0 Å². The first-order chi connectivity index (χ1) is 6.83. The van der Waals surface area contributed by atoms with E-state index in [-0.39, 0.29) is 12.2 Å². The lowest BCUT2D eigenvalue weighted by Gasteiger charge is -2.26. The number of rotatable bonds is 6. The summed E-state index contributed by atoms with van der Waals surface area (Å²) < 4.78 is 0. The monoisotopic (exact) mass is 200 g/mol. The molecule has 14 heavy (non-hydrogen) atoms. The van der Waals surface area contributed by atoms with Gasteiger partial charge in [-0.15, -0.1) is 0 Å². The first kappa shape index (κ1) is 11.4. The molecule has 82 valence electrons. The van der Waals surface area contributed by atoms with E-state index in [1.165, 1.54) is 19.3 Å². The van der Waals surface area contributed by atoms with E-state index in [1.54, 1.807) is 0 Å². The number of hydrazine groups is 1. The van der Waals surface area contributed by atoms with Gasteiger partial charge in [0.15, 0.2) is 0 Å². The fourth-order valence-corrected chi connectivity index (χ4v) is 1.38. The molecule has 1 rings (SSSR count). The van der Waals surface area contributed by atoms with Gasteiger partial charge < -0.3 is 5.32 Å². The average Bonchev–Trinajstić information content (AvgIpc) is 2.18. The molecule has 1 fully saturated rings. The molecule has 1 aliphatic rings. The van der Waals surface area contributed by atoms with Crippen LogP contribution in [0.2, 0.25) is 0 Å². The summed E-state index contributed by atoms with van der Waals surface area (Å²) in [6.45, 7) is 3.47. The van der Waals surface area contributed by atoms with Gasteiger partial charge in [-0.05, 0) is 13.0 Å². The molecule has 5 heteroatoms. The molecule has 0 aromatic carbocycles. The van der Waals surface area contributed by atoms with Gasteiger partial charge in [0.25, 0.3) is 0 Å². The predicted molar refractivity (Wildman–Crippen MR) is 55.2 cm³/mol. The molecule has 1 aliphatic heterocycles. The van der Waals surface area contributed by atoms with Crippen molar-refractivity contribution in [1.29, 1.82) is 0 Å². The van der Waals surface area contributed by atoms with Crippen LogP contribution in [0.5, 0.6) is 0 Å². The van der Waals surface area contributed by atoms with E-state index < -0.39 is 0 Å². The summed E-state index contributed by atoms with van der Waals surface area (Å²) >= 11 is 0. The number of unbranched alkanes of at least 4 members (excludes halogenated alkanes) is 3. The number of carbonyl (C=O) groups excluding carboxylic acids is 1. The molecule has 0 bridgehead atoms. The molecule has 1 atom stereocenters. The summed E-state index contributed by atoms with van der Waals surface area (Å²) in [4.78, 5) is 11.0. The van der Waals surface area contributed by atoms with Crippen LogP contribution in [0.3, 0.4) is 0 Å². The minimum absolute atomic E-state index is 0.0230. The van der Waals surface area contributed by atoms with E-state index in [2.05, 4.69) is 28.4 Å². The van der Waals surface area contributed by atoms with Gasteiger partial charge in [-0.3, -0.25) is 10.1 Å². The zero-order valence-corrected chi connectivity index (χ0v) is 8.73. The van der Waals surface area contributed by atoms with E-state index in [4.69, 9.17) is 0 Å². The molecule has 1 saturated heterocycles. The Morgan fingerprint density at radius 1 is 1.43 bits per heavy atom. The highest BCUT2D eigenvalue weighted by atomic mass is 16.2. The molecule has 0 aromatic rings. The maximum absolute atomic E-state index is 11.0. The molecule has 1 amide bonds. The van der Waals surface area contributed by atoms with Gasteiger partial charge in [0.2, 0.25) is 5.91 Å². The quantitative estimate of drug-likeness (QED) is 0.443. The Labute approximate surface area is 85.0 Å². The molecule has 0 aliphatic carbocycles. The van der Waals surface area contributed by atoms with Crippen LogP contribution >= 0.6 is 0 Å². The number of amides is 1. The molecule has 1 heterocycles. The Hall–Kier alpha value is -0.650. The SMILES string of the molecule is CCCCCCNC1NNCC(=O)N1. The Morgan fingerprint density at radius 3 is 3.00 bits per heavy atom. The number of hydrogen-bond acceptors (Lipinski definition) is 4. The van der Waals surface area contributed by atoms with E-state index >= 15 is 0 Å². The van der Waals surface area contributed by atoms with Crippen molar-refractivity contribution in [2.45, 2.75) is 38.9 Å². The van der Waals surface area contributed by atoms with Crippen molar-refractivity contribution >= 4 is 5.91 Å². The first-order valence-electron chi connectivity index (χ1n) is 5.34. The summed E-state index contributed by atoms with van der Waals surface area (Å²) in [6, 6.07) is 0. The second-order valence-electron chi connectivity index (χ2n) is 3.51. The highest BCUT2D eigenvalue weighted by Crippen LogP contribution is 1.97. The fourth-order valence-electron chi connectivity index (χ4n) is 1.38. The van der Waals surface area contributed by atoms with Gasteiger partial charge in [0.1, 0.15) is 6.29 Å². The van der Waals surface area contributed by atoms with Crippen LogP contribution in [0.1, 0.15) is 32.6 Å². The van der Waals surface area contributed by atoms with Crippen molar-refractivity contribution < 1.29 is 4.79 Å². The zero-order chi connectivity index (χ0) is 10.2. The van der Waals surface area contributed by atoms with Crippen LogP contribution in [0.25, 0.3) is 0 Å². The molecule has 0 radical (unpaired) electrons. The van der Waals surface area contributed by atoms with E-state index in [9.17, 15) is 4.79 Å². The van der Waals surface area contributed by atoms with Crippen LogP contribution < -0.4 is 21.5 Å². The topological polar surface area (TPSA) is 65.2 Å². The summed E-state index contributed by atoms with van der Waals surface area (Å²) in [5.74, 6) is 0.0230. The lowest BCUT2D eigenvalue weighted by molar-refractivity contribution is -0.123. The number of hydrogen-bond donors (Lipinski definition) is 4. The molecule has 0 aromatic heterocycles. The largest absolute Gasteiger partial charge is 0.326 e.